The molecule has 1 aromatic rings. The summed E-state index contributed by atoms with van der Waals surface area (Å²) in [4.78, 5) is 35.9. The summed E-state index contributed by atoms with van der Waals surface area (Å²) in [5, 5.41) is 11.9. The number of β-lactam (4-membered cyclic amide) rings is 1. The number of hydrogen-bond donors (Lipinski definition) is 2. The summed E-state index contributed by atoms with van der Waals surface area (Å²) in [6.45, 7) is 1.38. The number of hydrogen-bond acceptors (Lipinski definition) is 4. The Morgan fingerprint density at radius 2 is 1.91 bits per heavy atom. The molecule has 0 bridgehead atoms. The Balaban J connectivity index is 1.90. The lowest BCUT2D eigenvalue weighted by Crippen LogP contribution is -2.49. The molecule has 3 rings (SSSR count). The first-order valence-electron chi connectivity index (χ1n) is 6.96. The molecule has 0 saturated carbocycles. The molecule has 8 heteroatoms. The van der Waals surface area contributed by atoms with E-state index in [0.29, 0.717) is 23.4 Å². The number of rotatable bonds is 4. The Kier molecular flexibility index (Phi) is 3.77. The monoisotopic (exact) mass is 334 g/mol. The zero-order chi connectivity index (χ0) is 16.7. The average molecular weight is 334 g/mol. The average Bonchev–Trinajstić information content (AvgIpc) is 2.80. The number of fused-ring (bicyclic) bond motifs is 1. The number of carboxylic acid groups (broad SMARTS) is 1. The maximum absolute atomic E-state index is 12.7. The van der Waals surface area contributed by atoms with Crippen molar-refractivity contribution in [1.29, 1.82) is 0 Å². The number of amides is 2. The van der Waals surface area contributed by atoms with E-state index in [9.17, 15) is 23.7 Å². The van der Waals surface area contributed by atoms with Crippen molar-refractivity contribution in [2.45, 2.75) is 30.7 Å². The number of carboxylic acids is 1. The van der Waals surface area contributed by atoms with Gasteiger partial charge in [0.2, 0.25) is 11.8 Å². The minimum atomic E-state index is -1.65. The van der Waals surface area contributed by atoms with Gasteiger partial charge in [0.15, 0.2) is 0 Å². The predicted octanol–water partition coefficient (Wildman–Crippen LogP) is 1.05. The lowest BCUT2D eigenvalue weighted by molar-refractivity contribution is -0.147. The molecule has 2 unspecified atom stereocenters. The third kappa shape index (κ3) is 2.65. The number of carbonyl (C=O) groups is 3. The van der Waals surface area contributed by atoms with Crippen LogP contribution in [0.3, 0.4) is 0 Å². The number of carbonyl (C=O) groups excluding carboxylic acids is 2. The van der Waals surface area contributed by atoms with E-state index in [-0.39, 0.29) is 28.5 Å². The number of nitrogens with zero attached hydrogens (tertiary/aromatic N) is 1. The molecule has 2 heterocycles. The van der Waals surface area contributed by atoms with Gasteiger partial charge in [-0.1, -0.05) is 0 Å². The maximum Gasteiger partial charge on any atom is 0.353 e. The molecule has 23 heavy (non-hydrogen) atoms. The second kappa shape index (κ2) is 5.62. The van der Waals surface area contributed by atoms with Crippen molar-refractivity contribution in [2.75, 3.05) is 5.32 Å². The van der Waals surface area contributed by atoms with Gasteiger partial charge in [0.05, 0.1) is 21.7 Å². The van der Waals surface area contributed by atoms with E-state index in [2.05, 4.69) is 5.32 Å². The third-order valence-corrected chi connectivity index (χ3v) is 5.29. The molecule has 2 amide bonds. The second-order valence-corrected chi connectivity index (χ2v) is 6.88. The van der Waals surface area contributed by atoms with Crippen molar-refractivity contribution in [2.24, 2.45) is 0 Å². The summed E-state index contributed by atoms with van der Waals surface area (Å²) >= 11 is 0. The molecule has 7 nitrogen and oxygen atoms in total. The molecule has 1 fully saturated rings. The SMILES string of the molecule is CC(=O)Nc1ccc(S(=O)C2=C(C(=O)O)N3C(=O)CC3C2)cc1. The largest absolute Gasteiger partial charge is 0.477 e. The molecular weight excluding hydrogens is 320 g/mol. The van der Waals surface area contributed by atoms with Crippen LogP contribution in [0.15, 0.2) is 39.8 Å². The fourth-order valence-corrected chi connectivity index (χ4v) is 4.16. The third-order valence-electron chi connectivity index (χ3n) is 3.79. The van der Waals surface area contributed by atoms with Crippen molar-refractivity contribution in [3.8, 4) is 0 Å². The molecule has 2 atom stereocenters. The molecular formula is C15H14N2O5S. The van der Waals surface area contributed by atoms with Crippen LogP contribution in [0.4, 0.5) is 5.69 Å². The number of anilines is 1. The van der Waals surface area contributed by atoms with E-state index in [1.807, 2.05) is 0 Å². The van der Waals surface area contributed by atoms with Crippen LogP contribution in [0.25, 0.3) is 0 Å². The summed E-state index contributed by atoms with van der Waals surface area (Å²) < 4.78 is 12.7. The minimum Gasteiger partial charge on any atom is -0.477 e. The lowest BCUT2D eigenvalue weighted by Gasteiger charge is -2.34. The van der Waals surface area contributed by atoms with Gasteiger partial charge in [-0.2, -0.15) is 0 Å². The normalized spacial score (nSPS) is 20.8. The molecule has 0 aromatic heterocycles. The quantitative estimate of drug-likeness (QED) is 0.801. The first-order chi connectivity index (χ1) is 10.9. The van der Waals surface area contributed by atoms with E-state index in [0.717, 1.165) is 0 Å². The van der Waals surface area contributed by atoms with Gasteiger partial charge < -0.3 is 15.3 Å². The fourth-order valence-electron chi connectivity index (χ4n) is 2.79. The standard InChI is InChI=1S/C15H14N2O5S/c1-8(18)16-9-2-4-11(5-3-9)23(22)12-6-10-7-13(19)17(10)14(12)15(20)21/h2-5,10H,6-7H2,1H3,(H,16,18)(H,20,21). The minimum absolute atomic E-state index is 0.157. The van der Waals surface area contributed by atoms with E-state index < -0.39 is 16.8 Å². The van der Waals surface area contributed by atoms with Gasteiger partial charge in [-0.25, -0.2) is 9.00 Å². The van der Waals surface area contributed by atoms with Gasteiger partial charge in [0.25, 0.3) is 0 Å². The molecule has 0 aliphatic carbocycles. The molecule has 0 radical (unpaired) electrons. The fraction of sp³-hybridized carbons (Fsp3) is 0.267. The van der Waals surface area contributed by atoms with Crippen molar-refractivity contribution < 1.29 is 23.7 Å². The van der Waals surface area contributed by atoms with Crippen molar-refractivity contribution in [3.63, 3.8) is 0 Å². The Morgan fingerprint density at radius 1 is 1.26 bits per heavy atom. The smallest absolute Gasteiger partial charge is 0.353 e. The van der Waals surface area contributed by atoms with Crippen LogP contribution in [-0.4, -0.2) is 38.0 Å². The Morgan fingerprint density at radius 3 is 2.43 bits per heavy atom. The Hall–Kier alpha value is -2.48. The zero-order valence-corrected chi connectivity index (χ0v) is 13.1. The van der Waals surface area contributed by atoms with Crippen LogP contribution in [0.2, 0.25) is 0 Å². The molecule has 2 aliphatic rings. The molecule has 0 spiro atoms. The van der Waals surface area contributed by atoms with Gasteiger partial charge in [0.1, 0.15) is 5.70 Å². The first kappa shape index (κ1) is 15.4. The highest BCUT2D eigenvalue weighted by molar-refractivity contribution is 7.89. The van der Waals surface area contributed by atoms with Gasteiger partial charge in [0, 0.05) is 30.3 Å². The van der Waals surface area contributed by atoms with Crippen molar-refractivity contribution >= 4 is 34.3 Å². The van der Waals surface area contributed by atoms with Crippen molar-refractivity contribution in [1.82, 2.24) is 4.90 Å². The van der Waals surface area contributed by atoms with Crippen LogP contribution in [0.5, 0.6) is 0 Å². The Labute approximate surface area is 134 Å². The van der Waals surface area contributed by atoms with Gasteiger partial charge in [-0.05, 0) is 24.3 Å². The highest BCUT2D eigenvalue weighted by atomic mass is 32.2. The van der Waals surface area contributed by atoms with Crippen LogP contribution in [0.1, 0.15) is 19.8 Å². The first-order valence-corrected chi connectivity index (χ1v) is 8.11. The van der Waals surface area contributed by atoms with E-state index in [1.165, 1.54) is 11.8 Å². The van der Waals surface area contributed by atoms with Crippen LogP contribution in [0, 0.1) is 0 Å². The highest BCUT2D eigenvalue weighted by Crippen LogP contribution is 2.41. The summed E-state index contributed by atoms with van der Waals surface area (Å²) in [6.07, 6.45) is 0.604. The van der Waals surface area contributed by atoms with Gasteiger partial charge >= 0.3 is 5.97 Å². The Bertz CT molecular complexity index is 769. The van der Waals surface area contributed by atoms with Crippen LogP contribution in [-0.2, 0) is 25.2 Å². The molecule has 120 valence electrons. The molecule has 2 N–H and O–H groups in total. The molecule has 1 saturated heterocycles. The van der Waals surface area contributed by atoms with E-state index in [1.54, 1.807) is 24.3 Å². The van der Waals surface area contributed by atoms with Crippen molar-refractivity contribution in [3.05, 3.63) is 34.9 Å². The zero-order valence-electron chi connectivity index (χ0n) is 12.2. The highest BCUT2D eigenvalue weighted by Gasteiger charge is 2.48. The maximum atomic E-state index is 12.7. The van der Waals surface area contributed by atoms with E-state index in [4.69, 9.17) is 0 Å². The number of nitrogens with one attached hydrogen (secondary N) is 1. The molecule has 2 aliphatic heterocycles. The number of benzene rings is 1. The lowest BCUT2D eigenvalue weighted by atomic mass is 10.0. The summed E-state index contributed by atoms with van der Waals surface area (Å²) in [7, 11) is -1.65. The summed E-state index contributed by atoms with van der Waals surface area (Å²) in [6, 6.07) is 6.16. The predicted molar refractivity (Wildman–Crippen MR) is 81.7 cm³/mol. The second-order valence-electron chi connectivity index (χ2n) is 5.38. The van der Waals surface area contributed by atoms with E-state index >= 15 is 0 Å². The molecule has 1 aromatic carbocycles. The summed E-state index contributed by atoms with van der Waals surface area (Å²) in [5.74, 6) is -1.70. The van der Waals surface area contributed by atoms with Gasteiger partial charge in [-0.15, -0.1) is 0 Å². The van der Waals surface area contributed by atoms with Crippen LogP contribution >= 0.6 is 0 Å². The van der Waals surface area contributed by atoms with Gasteiger partial charge in [-0.3, -0.25) is 9.59 Å². The summed E-state index contributed by atoms with van der Waals surface area (Å²) in [5.41, 5.74) is 0.409. The number of aliphatic carboxylic acids is 1. The topological polar surface area (TPSA) is 104 Å². The van der Waals surface area contributed by atoms with Crippen LogP contribution < -0.4 is 5.32 Å².